The van der Waals surface area contributed by atoms with Crippen molar-refractivity contribution < 1.29 is 9.53 Å². The molecule has 0 saturated heterocycles. The minimum Gasteiger partial charge on any atom is -0.457 e. The summed E-state index contributed by atoms with van der Waals surface area (Å²) in [6.45, 7) is 1.89. The standard InChI is InChI=1S/C20H15ClO2/c1-12(23-18(22)11-21)16-9-7-15-6-5-13-3-2-4-14-8-10-17(16)20(15)19(13)14/h2-10,12H,11H2,1H3/t12-/m0/s1. The molecule has 114 valence electrons. The summed E-state index contributed by atoms with van der Waals surface area (Å²) < 4.78 is 5.40. The van der Waals surface area contributed by atoms with Crippen molar-refractivity contribution in [3.63, 3.8) is 0 Å². The van der Waals surface area contributed by atoms with Crippen molar-refractivity contribution in [1.29, 1.82) is 0 Å². The molecule has 1 atom stereocenters. The second-order valence-electron chi connectivity index (χ2n) is 5.78. The molecule has 0 aliphatic heterocycles. The third-order valence-electron chi connectivity index (χ3n) is 4.42. The Hall–Kier alpha value is -2.32. The Morgan fingerprint density at radius 3 is 2.26 bits per heavy atom. The van der Waals surface area contributed by atoms with Gasteiger partial charge in [-0.25, -0.2) is 0 Å². The van der Waals surface area contributed by atoms with Crippen LogP contribution in [-0.4, -0.2) is 11.8 Å². The number of halogens is 1. The quantitative estimate of drug-likeness (QED) is 0.286. The largest absolute Gasteiger partial charge is 0.457 e. The summed E-state index contributed by atoms with van der Waals surface area (Å²) in [6, 6.07) is 19.0. The zero-order chi connectivity index (χ0) is 16.0. The van der Waals surface area contributed by atoms with E-state index in [9.17, 15) is 4.79 Å². The van der Waals surface area contributed by atoms with Crippen molar-refractivity contribution in [2.45, 2.75) is 13.0 Å². The smallest absolute Gasteiger partial charge is 0.321 e. The summed E-state index contributed by atoms with van der Waals surface area (Å²) in [6.07, 6.45) is -0.328. The summed E-state index contributed by atoms with van der Waals surface area (Å²) >= 11 is 5.55. The normalized spacial score (nSPS) is 13.0. The summed E-state index contributed by atoms with van der Waals surface area (Å²) in [5, 5.41) is 7.27. The van der Waals surface area contributed by atoms with Gasteiger partial charge in [0.05, 0.1) is 0 Å². The van der Waals surface area contributed by atoms with Crippen LogP contribution in [0.1, 0.15) is 18.6 Å². The Morgan fingerprint density at radius 2 is 1.57 bits per heavy atom. The van der Waals surface area contributed by atoms with E-state index in [1.807, 2.05) is 13.0 Å². The van der Waals surface area contributed by atoms with Crippen LogP contribution in [0.5, 0.6) is 0 Å². The first-order valence-corrected chi connectivity index (χ1v) is 8.14. The van der Waals surface area contributed by atoms with Gasteiger partial charge >= 0.3 is 5.97 Å². The Bertz CT molecular complexity index is 1010. The van der Waals surface area contributed by atoms with Gasteiger partial charge in [0, 0.05) is 5.56 Å². The highest BCUT2D eigenvalue weighted by Gasteiger charge is 2.16. The first-order valence-electron chi connectivity index (χ1n) is 7.61. The van der Waals surface area contributed by atoms with Gasteiger partial charge in [-0.3, -0.25) is 4.79 Å². The van der Waals surface area contributed by atoms with Crippen molar-refractivity contribution in [3.05, 3.63) is 60.2 Å². The van der Waals surface area contributed by atoms with Crippen LogP contribution in [-0.2, 0) is 9.53 Å². The third-order valence-corrected chi connectivity index (χ3v) is 4.64. The molecule has 0 heterocycles. The van der Waals surface area contributed by atoms with E-state index in [0.717, 1.165) is 10.9 Å². The number of benzene rings is 4. The highest BCUT2D eigenvalue weighted by Crippen LogP contribution is 2.38. The molecule has 23 heavy (non-hydrogen) atoms. The molecule has 0 aliphatic rings. The number of esters is 1. The summed E-state index contributed by atoms with van der Waals surface area (Å²) in [4.78, 5) is 11.5. The van der Waals surface area contributed by atoms with Gasteiger partial charge in [0.1, 0.15) is 12.0 Å². The second kappa shape index (κ2) is 5.39. The average Bonchev–Trinajstić information content (AvgIpc) is 2.59. The SMILES string of the molecule is C[C@H](OC(=O)CCl)c1ccc2ccc3cccc4ccc1c2c34. The zero-order valence-electron chi connectivity index (χ0n) is 12.7. The van der Waals surface area contributed by atoms with Gasteiger partial charge in [-0.15, -0.1) is 11.6 Å². The predicted molar refractivity (Wildman–Crippen MR) is 95.4 cm³/mol. The number of hydrogen-bond acceptors (Lipinski definition) is 2. The van der Waals surface area contributed by atoms with E-state index in [-0.39, 0.29) is 12.0 Å². The van der Waals surface area contributed by atoms with E-state index < -0.39 is 5.97 Å². The number of ether oxygens (including phenoxy) is 1. The van der Waals surface area contributed by atoms with Gasteiger partial charge in [-0.1, -0.05) is 54.6 Å². The maximum Gasteiger partial charge on any atom is 0.321 e. The van der Waals surface area contributed by atoms with E-state index >= 15 is 0 Å². The summed E-state index contributed by atoms with van der Waals surface area (Å²) in [5.41, 5.74) is 1.01. The predicted octanol–water partition coefficient (Wildman–Crippen LogP) is 5.43. The molecule has 0 bridgehead atoms. The molecule has 0 saturated carbocycles. The van der Waals surface area contributed by atoms with E-state index in [4.69, 9.17) is 16.3 Å². The molecule has 3 heteroatoms. The number of alkyl halides is 1. The molecule has 2 nitrogen and oxygen atoms in total. The lowest BCUT2D eigenvalue weighted by Crippen LogP contribution is -2.10. The van der Waals surface area contributed by atoms with E-state index in [0.29, 0.717) is 0 Å². The van der Waals surface area contributed by atoms with Crippen LogP contribution >= 0.6 is 11.6 Å². The molecule has 0 amide bonds. The van der Waals surface area contributed by atoms with Crippen LogP contribution in [0.4, 0.5) is 0 Å². The fourth-order valence-corrected chi connectivity index (χ4v) is 3.47. The fourth-order valence-electron chi connectivity index (χ4n) is 3.40. The molecular weight excluding hydrogens is 308 g/mol. The Labute approximate surface area is 138 Å². The molecule has 0 aliphatic carbocycles. The van der Waals surface area contributed by atoms with Gasteiger partial charge < -0.3 is 4.74 Å². The second-order valence-corrected chi connectivity index (χ2v) is 6.04. The van der Waals surface area contributed by atoms with Gasteiger partial charge in [0.15, 0.2) is 0 Å². The molecule has 4 aromatic carbocycles. The molecule has 0 N–H and O–H groups in total. The van der Waals surface area contributed by atoms with Gasteiger partial charge in [-0.2, -0.15) is 0 Å². The molecule has 0 radical (unpaired) electrons. The lowest BCUT2D eigenvalue weighted by molar-refractivity contribution is -0.145. The van der Waals surface area contributed by atoms with Crippen molar-refractivity contribution in [3.8, 4) is 0 Å². The number of hydrogen-bond donors (Lipinski definition) is 0. The third kappa shape index (κ3) is 2.22. The van der Waals surface area contributed by atoms with Crippen LogP contribution in [0.2, 0.25) is 0 Å². The number of rotatable bonds is 3. The number of carbonyl (C=O) groups excluding carboxylic acids is 1. The first kappa shape index (κ1) is 14.3. The maximum absolute atomic E-state index is 11.5. The molecular formula is C20H15ClO2. The van der Waals surface area contributed by atoms with Crippen LogP contribution in [0.25, 0.3) is 32.3 Å². The fraction of sp³-hybridized carbons (Fsp3) is 0.150. The van der Waals surface area contributed by atoms with Gasteiger partial charge in [0.25, 0.3) is 0 Å². The summed E-state index contributed by atoms with van der Waals surface area (Å²) in [7, 11) is 0. The molecule has 0 unspecified atom stereocenters. The van der Waals surface area contributed by atoms with Gasteiger partial charge in [0.2, 0.25) is 0 Å². The van der Waals surface area contributed by atoms with Crippen molar-refractivity contribution >= 4 is 49.9 Å². The zero-order valence-corrected chi connectivity index (χ0v) is 13.4. The minimum absolute atomic E-state index is 0.129. The molecule has 4 aromatic rings. The highest BCUT2D eigenvalue weighted by molar-refractivity contribution is 6.26. The lowest BCUT2D eigenvalue weighted by atomic mass is 9.91. The van der Waals surface area contributed by atoms with Crippen LogP contribution in [0.15, 0.2) is 54.6 Å². The maximum atomic E-state index is 11.5. The molecule has 0 aromatic heterocycles. The Kier molecular flexibility index (Phi) is 3.35. The molecule has 4 rings (SSSR count). The van der Waals surface area contributed by atoms with Gasteiger partial charge in [-0.05, 0) is 39.2 Å². The van der Waals surface area contributed by atoms with Crippen LogP contribution in [0.3, 0.4) is 0 Å². The van der Waals surface area contributed by atoms with Crippen LogP contribution < -0.4 is 0 Å². The Balaban J connectivity index is 2.01. The topological polar surface area (TPSA) is 26.3 Å². The monoisotopic (exact) mass is 322 g/mol. The highest BCUT2D eigenvalue weighted by atomic mass is 35.5. The van der Waals surface area contributed by atoms with E-state index in [1.54, 1.807) is 0 Å². The lowest BCUT2D eigenvalue weighted by Gasteiger charge is -2.18. The number of carbonyl (C=O) groups is 1. The average molecular weight is 323 g/mol. The first-order chi connectivity index (χ1) is 11.2. The van der Waals surface area contributed by atoms with Crippen LogP contribution in [0, 0.1) is 0 Å². The molecule has 0 spiro atoms. The molecule has 0 fully saturated rings. The Morgan fingerprint density at radius 1 is 0.957 bits per heavy atom. The van der Waals surface area contributed by atoms with Crippen molar-refractivity contribution in [1.82, 2.24) is 0 Å². The minimum atomic E-state index is -0.398. The summed E-state index contributed by atoms with van der Waals surface area (Å²) in [5.74, 6) is -0.527. The van der Waals surface area contributed by atoms with Crippen molar-refractivity contribution in [2.75, 3.05) is 5.88 Å². The van der Waals surface area contributed by atoms with Crippen molar-refractivity contribution in [2.24, 2.45) is 0 Å². The van der Waals surface area contributed by atoms with E-state index in [2.05, 4.69) is 48.5 Å². The van der Waals surface area contributed by atoms with E-state index in [1.165, 1.54) is 26.9 Å².